The predicted molar refractivity (Wildman–Crippen MR) is 98.0 cm³/mol. The third-order valence-electron chi connectivity index (χ3n) is 4.12. The lowest BCUT2D eigenvalue weighted by Gasteiger charge is -2.24. The van der Waals surface area contributed by atoms with Crippen LogP contribution in [0, 0.1) is 0 Å². The SMILES string of the molecule is CCC(NC(=O)c1cccc2[nH]ccc12)C(S)c1ccccc1. The maximum absolute atomic E-state index is 12.7. The third-order valence-corrected chi connectivity index (χ3v) is 4.78. The molecule has 0 aliphatic rings. The van der Waals surface area contributed by atoms with Crippen LogP contribution in [0.25, 0.3) is 10.9 Å². The third kappa shape index (κ3) is 3.27. The van der Waals surface area contributed by atoms with E-state index in [1.165, 1.54) is 0 Å². The summed E-state index contributed by atoms with van der Waals surface area (Å²) in [5.41, 5.74) is 2.77. The molecule has 0 aliphatic carbocycles. The number of hydrogen-bond acceptors (Lipinski definition) is 2. The molecule has 3 nitrogen and oxygen atoms in total. The summed E-state index contributed by atoms with van der Waals surface area (Å²) in [5.74, 6) is -0.0583. The molecule has 3 aromatic rings. The Labute approximate surface area is 141 Å². The van der Waals surface area contributed by atoms with Gasteiger partial charge in [0, 0.05) is 34.0 Å². The van der Waals surface area contributed by atoms with Gasteiger partial charge >= 0.3 is 0 Å². The molecular weight excluding hydrogens is 304 g/mol. The zero-order chi connectivity index (χ0) is 16.2. The second-order valence-electron chi connectivity index (χ2n) is 5.59. The van der Waals surface area contributed by atoms with Crippen molar-refractivity contribution in [3.8, 4) is 0 Å². The van der Waals surface area contributed by atoms with E-state index < -0.39 is 0 Å². The van der Waals surface area contributed by atoms with Gasteiger partial charge in [-0.05, 0) is 30.2 Å². The van der Waals surface area contributed by atoms with Crippen molar-refractivity contribution in [2.24, 2.45) is 0 Å². The van der Waals surface area contributed by atoms with E-state index in [2.05, 4.69) is 17.2 Å². The molecular formula is C19H20N2OS. The Balaban J connectivity index is 1.81. The number of hydrogen-bond donors (Lipinski definition) is 3. The molecule has 0 bridgehead atoms. The molecule has 0 radical (unpaired) electrons. The quantitative estimate of drug-likeness (QED) is 0.600. The van der Waals surface area contributed by atoms with Gasteiger partial charge in [-0.15, -0.1) is 0 Å². The number of fused-ring (bicyclic) bond motifs is 1. The van der Waals surface area contributed by atoms with Crippen LogP contribution in [0.1, 0.15) is 34.5 Å². The molecule has 0 spiro atoms. The number of carbonyl (C=O) groups excluding carboxylic acids is 1. The maximum Gasteiger partial charge on any atom is 0.252 e. The second kappa shape index (κ2) is 6.92. The minimum Gasteiger partial charge on any atom is -0.361 e. The predicted octanol–water partition coefficient (Wildman–Crippen LogP) is 4.35. The van der Waals surface area contributed by atoms with Gasteiger partial charge in [0.15, 0.2) is 0 Å². The summed E-state index contributed by atoms with van der Waals surface area (Å²) in [4.78, 5) is 15.8. The summed E-state index contributed by atoms with van der Waals surface area (Å²) in [6, 6.07) is 17.7. The molecule has 0 saturated carbocycles. The van der Waals surface area contributed by atoms with Crippen LogP contribution < -0.4 is 5.32 Å². The first-order valence-electron chi connectivity index (χ1n) is 7.80. The number of aromatic nitrogens is 1. The first-order chi connectivity index (χ1) is 11.2. The molecule has 0 fully saturated rings. The van der Waals surface area contributed by atoms with E-state index in [0.29, 0.717) is 5.56 Å². The Kier molecular flexibility index (Phi) is 4.72. The van der Waals surface area contributed by atoms with Crippen LogP contribution in [-0.4, -0.2) is 16.9 Å². The van der Waals surface area contributed by atoms with Gasteiger partial charge in [0.1, 0.15) is 0 Å². The van der Waals surface area contributed by atoms with E-state index in [9.17, 15) is 4.79 Å². The van der Waals surface area contributed by atoms with E-state index in [1.807, 2.05) is 60.8 Å². The molecule has 118 valence electrons. The highest BCUT2D eigenvalue weighted by Crippen LogP contribution is 2.26. The Hall–Kier alpha value is -2.20. The fourth-order valence-corrected chi connectivity index (χ4v) is 3.27. The fourth-order valence-electron chi connectivity index (χ4n) is 2.82. The summed E-state index contributed by atoms with van der Waals surface area (Å²) < 4.78 is 0. The zero-order valence-corrected chi connectivity index (χ0v) is 13.9. The van der Waals surface area contributed by atoms with Crippen LogP contribution in [0.2, 0.25) is 0 Å². The highest BCUT2D eigenvalue weighted by molar-refractivity contribution is 7.80. The van der Waals surface area contributed by atoms with Crippen molar-refractivity contribution < 1.29 is 4.79 Å². The molecule has 1 aromatic heterocycles. The molecule has 1 amide bonds. The minimum atomic E-state index is -0.0583. The fraction of sp³-hybridized carbons (Fsp3) is 0.211. The number of thiol groups is 1. The van der Waals surface area contributed by atoms with Gasteiger partial charge in [-0.1, -0.05) is 43.3 Å². The Morgan fingerprint density at radius 1 is 1.13 bits per heavy atom. The van der Waals surface area contributed by atoms with Gasteiger partial charge in [0.2, 0.25) is 0 Å². The van der Waals surface area contributed by atoms with Gasteiger partial charge in [-0.25, -0.2) is 0 Å². The molecule has 1 heterocycles. The van der Waals surface area contributed by atoms with Crippen LogP contribution >= 0.6 is 12.6 Å². The lowest BCUT2D eigenvalue weighted by atomic mass is 10.0. The van der Waals surface area contributed by atoms with Crippen LogP contribution in [-0.2, 0) is 0 Å². The molecule has 2 atom stereocenters. The summed E-state index contributed by atoms with van der Waals surface area (Å²) in [6.07, 6.45) is 2.67. The van der Waals surface area contributed by atoms with Crippen molar-refractivity contribution in [3.05, 3.63) is 71.9 Å². The summed E-state index contributed by atoms with van der Waals surface area (Å²) in [6.45, 7) is 2.06. The number of rotatable bonds is 5. The number of amides is 1. The summed E-state index contributed by atoms with van der Waals surface area (Å²) in [5, 5.41) is 4.04. The Morgan fingerprint density at radius 2 is 1.91 bits per heavy atom. The van der Waals surface area contributed by atoms with Crippen molar-refractivity contribution in [3.63, 3.8) is 0 Å². The average molecular weight is 324 g/mol. The lowest BCUT2D eigenvalue weighted by Crippen LogP contribution is -2.37. The van der Waals surface area contributed by atoms with Crippen molar-refractivity contribution in [2.45, 2.75) is 24.6 Å². The number of benzene rings is 2. The molecule has 3 rings (SSSR count). The van der Waals surface area contributed by atoms with E-state index in [-0.39, 0.29) is 17.2 Å². The molecule has 2 unspecified atom stereocenters. The summed E-state index contributed by atoms with van der Waals surface area (Å²) >= 11 is 4.72. The highest BCUT2D eigenvalue weighted by Gasteiger charge is 2.21. The molecule has 2 aromatic carbocycles. The molecule has 0 saturated heterocycles. The second-order valence-corrected chi connectivity index (χ2v) is 6.14. The zero-order valence-electron chi connectivity index (χ0n) is 13.0. The molecule has 2 N–H and O–H groups in total. The van der Waals surface area contributed by atoms with E-state index in [0.717, 1.165) is 22.9 Å². The number of aromatic amines is 1. The van der Waals surface area contributed by atoms with Crippen molar-refractivity contribution in [1.29, 1.82) is 0 Å². The number of carbonyl (C=O) groups is 1. The first-order valence-corrected chi connectivity index (χ1v) is 8.32. The normalized spacial score (nSPS) is 13.7. The maximum atomic E-state index is 12.7. The first kappa shape index (κ1) is 15.7. The van der Waals surface area contributed by atoms with E-state index >= 15 is 0 Å². The van der Waals surface area contributed by atoms with E-state index in [4.69, 9.17) is 12.6 Å². The Bertz CT molecular complexity index is 797. The highest BCUT2D eigenvalue weighted by atomic mass is 32.1. The number of nitrogens with one attached hydrogen (secondary N) is 2. The van der Waals surface area contributed by atoms with Crippen LogP contribution in [0.15, 0.2) is 60.8 Å². The lowest BCUT2D eigenvalue weighted by molar-refractivity contribution is 0.0937. The van der Waals surface area contributed by atoms with Crippen molar-refractivity contribution in [2.75, 3.05) is 0 Å². The van der Waals surface area contributed by atoms with Crippen LogP contribution in [0.5, 0.6) is 0 Å². The molecule has 23 heavy (non-hydrogen) atoms. The minimum absolute atomic E-state index is 0.0255. The van der Waals surface area contributed by atoms with Crippen molar-refractivity contribution in [1.82, 2.24) is 10.3 Å². The van der Waals surface area contributed by atoms with Crippen LogP contribution in [0.4, 0.5) is 0 Å². The molecule has 0 aliphatic heterocycles. The monoisotopic (exact) mass is 324 g/mol. The van der Waals surface area contributed by atoms with Gasteiger partial charge < -0.3 is 10.3 Å². The van der Waals surface area contributed by atoms with Gasteiger partial charge in [0.05, 0.1) is 0 Å². The smallest absolute Gasteiger partial charge is 0.252 e. The standard InChI is InChI=1S/C19H20N2OS/c1-2-16(18(23)13-7-4-3-5-8-13)21-19(22)15-9-6-10-17-14(15)11-12-20-17/h3-12,16,18,20,23H,2H2,1H3,(H,21,22). The van der Waals surface area contributed by atoms with Gasteiger partial charge in [0.25, 0.3) is 5.91 Å². The Morgan fingerprint density at radius 3 is 2.65 bits per heavy atom. The van der Waals surface area contributed by atoms with Gasteiger partial charge in [-0.2, -0.15) is 12.6 Å². The largest absolute Gasteiger partial charge is 0.361 e. The van der Waals surface area contributed by atoms with Crippen LogP contribution in [0.3, 0.4) is 0 Å². The average Bonchev–Trinajstić information content (AvgIpc) is 3.08. The van der Waals surface area contributed by atoms with Crippen molar-refractivity contribution >= 4 is 29.4 Å². The number of H-pyrrole nitrogens is 1. The summed E-state index contributed by atoms with van der Waals surface area (Å²) in [7, 11) is 0. The topological polar surface area (TPSA) is 44.9 Å². The molecule has 4 heteroatoms. The van der Waals surface area contributed by atoms with E-state index in [1.54, 1.807) is 0 Å². The van der Waals surface area contributed by atoms with Gasteiger partial charge in [-0.3, -0.25) is 4.79 Å².